The summed E-state index contributed by atoms with van der Waals surface area (Å²) in [7, 11) is 0. The molecule has 3 nitrogen and oxygen atoms in total. The van der Waals surface area contributed by atoms with Gasteiger partial charge in [0, 0.05) is 17.4 Å². The summed E-state index contributed by atoms with van der Waals surface area (Å²) in [6.07, 6.45) is 10.1. The topological polar surface area (TPSA) is 37.3 Å². The average Bonchev–Trinajstić information content (AvgIpc) is 3.17. The summed E-state index contributed by atoms with van der Waals surface area (Å²) in [5.41, 5.74) is 6.25. The molecule has 0 saturated heterocycles. The number of aliphatic imine (C=N–C) groups is 1. The number of nitrogens with zero attached hydrogens (tertiary/aromatic N) is 2. The summed E-state index contributed by atoms with van der Waals surface area (Å²) < 4.78 is 1.18. The van der Waals surface area contributed by atoms with Crippen LogP contribution < -0.4 is 5.32 Å². The van der Waals surface area contributed by atoms with Crippen molar-refractivity contribution in [2.45, 2.75) is 53.5 Å². The molecule has 1 heterocycles. The molecular formula is C24H33N3S2. The van der Waals surface area contributed by atoms with E-state index in [9.17, 15) is 0 Å². The molecule has 0 radical (unpaired) electrons. The molecule has 0 bridgehead atoms. The lowest BCUT2D eigenvalue weighted by Crippen LogP contribution is -2.30. The summed E-state index contributed by atoms with van der Waals surface area (Å²) in [5, 5.41) is 5.75. The molecule has 1 aromatic heterocycles. The number of amidine groups is 1. The molecule has 1 N–H and O–H groups in total. The predicted molar refractivity (Wildman–Crippen MR) is 135 cm³/mol. The van der Waals surface area contributed by atoms with E-state index in [1.807, 2.05) is 17.3 Å². The first-order valence-electron chi connectivity index (χ1n) is 9.90. The lowest BCUT2D eigenvalue weighted by atomic mass is 10.0. The number of terminal acetylenes is 1. The number of nitrogens with one attached hydrogen (secondary N) is 1. The van der Waals surface area contributed by atoms with Crippen molar-refractivity contribution in [3.05, 3.63) is 46.8 Å². The molecule has 0 aliphatic heterocycles. The van der Waals surface area contributed by atoms with Crippen molar-refractivity contribution >= 4 is 44.8 Å². The fourth-order valence-electron chi connectivity index (χ4n) is 2.81. The van der Waals surface area contributed by atoms with Gasteiger partial charge in [-0.2, -0.15) is 0 Å². The zero-order valence-corrected chi connectivity index (χ0v) is 19.9. The van der Waals surface area contributed by atoms with E-state index in [1.165, 1.54) is 10.3 Å². The normalized spacial score (nSPS) is 12.2. The molecule has 5 heteroatoms. The van der Waals surface area contributed by atoms with E-state index in [2.05, 4.69) is 88.0 Å². The Balaban J connectivity index is 0.00000204. The number of thiazole rings is 1. The third-order valence-electron chi connectivity index (χ3n) is 4.35. The number of hydrogen-bond acceptors (Lipinski definition) is 4. The summed E-state index contributed by atoms with van der Waals surface area (Å²) >= 11 is 3.49. The summed E-state index contributed by atoms with van der Waals surface area (Å²) in [6, 6.07) is 6.54. The Morgan fingerprint density at radius 3 is 2.62 bits per heavy atom. The Bertz CT molecular complexity index is 853. The maximum Gasteiger partial charge on any atom is 0.104 e. The van der Waals surface area contributed by atoms with Crippen LogP contribution in [-0.4, -0.2) is 22.6 Å². The molecule has 1 aromatic carbocycles. The SMILES string of the molecule is C#C.C=C(NC(=NC(C)CSC=C(C)C)C(CC)CC)c1ccc2ncsc2c1. The van der Waals surface area contributed by atoms with Gasteiger partial charge in [-0.1, -0.05) is 32.1 Å². The van der Waals surface area contributed by atoms with Crippen LogP contribution in [-0.2, 0) is 0 Å². The van der Waals surface area contributed by atoms with Crippen LogP contribution in [0.3, 0.4) is 0 Å². The third-order valence-corrected chi connectivity index (χ3v) is 6.45. The highest BCUT2D eigenvalue weighted by Crippen LogP contribution is 2.23. The van der Waals surface area contributed by atoms with Gasteiger partial charge in [-0.05, 0) is 56.7 Å². The molecule has 156 valence electrons. The van der Waals surface area contributed by atoms with E-state index >= 15 is 0 Å². The van der Waals surface area contributed by atoms with Crippen molar-refractivity contribution in [2.75, 3.05) is 5.75 Å². The van der Waals surface area contributed by atoms with Gasteiger partial charge in [0.25, 0.3) is 0 Å². The molecule has 1 unspecified atom stereocenters. The van der Waals surface area contributed by atoms with E-state index in [4.69, 9.17) is 4.99 Å². The van der Waals surface area contributed by atoms with Gasteiger partial charge in [0.15, 0.2) is 0 Å². The lowest BCUT2D eigenvalue weighted by Gasteiger charge is -2.21. The number of thioether (sulfide) groups is 1. The van der Waals surface area contributed by atoms with Gasteiger partial charge in [-0.25, -0.2) is 4.98 Å². The summed E-state index contributed by atoms with van der Waals surface area (Å²) in [6.45, 7) is 15.2. The number of rotatable bonds is 9. The highest BCUT2D eigenvalue weighted by Gasteiger charge is 2.15. The molecule has 0 amide bonds. The van der Waals surface area contributed by atoms with Crippen LogP contribution in [0, 0.1) is 18.8 Å². The first kappa shape index (κ1) is 25.0. The van der Waals surface area contributed by atoms with Crippen molar-refractivity contribution in [1.29, 1.82) is 0 Å². The Morgan fingerprint density at radius 2 is 2.00 bits per heavy atom. The smallest absolute Gasteiger partial charge is 0.104 e. The third kappa shape index (κ3) is 8.08. The Morgan fingerprint density at radius 1 is 1.31 bits per heavy atom. The maximum absolute atomic E-state index is 5.02. The molecule has 29 heavy (non-hydrogen) atoms. The van der Waals surface area contributed by atoms with Gasteiger partial charge in [0.2, 0.25) is 0 Å². The van der Waals surface area contributed by atoms with Crippen molar-refractivity contribution in [3.63, 3.8) is 0 Å². The maximum atomic E-state index is 5.02. The zero-order chi connectivity index (χ0) is 21.8. The van der Waals surface area contributed by atoms with Crippen molar-refractivity contribution in [1.82, 2.24) is 10.3 Å². The number of fused-ring (bicyclic) bond motifs is 1. The Kier molecular flexibility index (Phi) is 11.4. The lowest BCUT2D eigenvalue weighted by molar-refractivity contribution is 0.621. The highest BCUT2D eigenvalue weighted by atomic mass is 32.2. The molecule has 0 spiro atoms. The second-order valence-electron chi connectivity index (χ2n) is 7.04. The van der Waals surface area contributed by atoms with Crippen LogP contribution in [0.25, 0.3) is 15.9 Å². The van der Waals surface area contributed by atoms with Gasteiger partial charge in [-0.3, -0.25) is 4.99 Å². The van der Waals surface area contributed by atoms with E-state index in [0.29, 0.717) is 5.92 Å². The number of benzene rings is 1. The molecule has 0 aliphatic rings. The van der Waals surface area contributed by atoms with Crippen LogP contribution in [0.2, 0.25) is 0 Å². The van der Waals surface area contributed by atoms with Gasteiger partial charge in [0.05, 0.1) is 21.8 Å². The fourth-order valence-corrected chi connectivity index (χ4v) is 4.31. The van der Waals surface area contributed by atoms with Crippen LogP contribution in [0.4, 0.5) is 0 Å². The van der Waals surface area contributed by atoms with Gasteiger partial charge >= 0.3 is 0 Å². The second kappa shape index (κ2) is 13.2. The predicted octanol–water partition coefficient (Wildman–Crippen LogP) is 6.99. The van der Waals surface area contributed by atoms with Crippen molar-refractivity contribution in [2.24, 2.45) is 10.9 Å². The Hall–Kier alpha value is -2.03. The molecule has 2 aromatic rings. The molecule has 0 fully saturated rings. The van der Waals surface area contributed by atoms with E-state index in [1.54, 1.807) is 11.3 Å². The van der Waals surface area contributed by atoms with E-state index in [-0.39, 0.29) is 6.04 Å². The van der Waals surface area contributed by atoms with Gasteiger partial charge in [0.1, 0.15) is 5.84 Å². The standard InChI is InChI=1S/C22H31N3S2.C2H2/c1-7-18(8-2)22(24-16(5)13-26-12-15(3)4)25-17(6)19-9-10-20-21(11-19)27-14-23-20;1-2/h9-12,14,16,18H,6-8,13H2,1-5H3,(H,24,25);1-2H. The fraction of sp³-hybridized carbons (Fsp3) is 0.417. The van der Waals surface area contributed by atoms with Gasteiger partial charge < -0.3 is 5.32 Å². The first-order chi connectivity index (χ1) is 13.9. The van der Waals surface area contributed by atoms with Crippen LogP contribution >= 0.6 is 23.1 Å². The largest absolute Gasteiger partial charge is 0.344 e. The van der Waals surface area contributed by atoms with Crippen LogP contribution in [0.15, 0.2) is 46.3 Å². The first-order valence-corrected chi connectivity index (χ1v) is 11.8. The van der Waals surface area contributed by atoms with Crippen molar-refractivity contribution < 1.29 is 0 Å². The molecule has 2 rings (SSSR count). The molecule has 0 saturated carbocycles. The second-order valence-corrected chi connectivity index (χ2v) is 8.83. The van der Waals surface area contributed by atoms with E-state index in [0.717, 1.165) is 41.2 Å². The molecule has 0 aliphatic carbocycles. The van der Waals surface area contributed by atoms with E-state index < -0.39 is 0 Å². The van der Waals surface area contributed by atoms with Crippen molar-refractivity contribution in [3.8, 4) is 12.8 Å². The number of hydrogen-bond donors (Lipinski definition) is 1. The van der Waals surface area contributed by atoms with Crippen LogP contribution in [0.5, 0.6) is 0 Å². The minimum Gasteiger partial charge on any atom is -0.344 e. The average molecular weight is 428 g/mol. The minimum absolute atomic E-state index is 0.255. The zero-order valence-electron chi connectivity index (χ0n) is 18.2. The summed E-state index contributed by atoms with van der Waals surface area (Å²) in [5.74, 6) is 2.46. The number of allylic oxidation sites excluding steroid dienone is 1. The van der Waals surface area contributed by atoms with Crippen LogP contribution in [0.1, 0.15) is 53.0 Å². The summed E-state index contributed by atoms with van der Waals surface area (Å²) in [4.78, 5) is 9.37. The monoisotopic (exact) mass is 427 g/mol. The minimum atomic E-state index is 0.255. The molecular weight excluding hydrogens is 394 g/mol. The quantitative estimate of drug-likeness (QED) is 0.266. The van der Waals surface area contributed by atoms with Gasteiger partial charge in [-0.15, -0.1) is 35.9 Å². The molecule has 1 atom stereocenters. The Labute approximate surface area is 184 Å². The highest BCUT2D eigenvalue weighted by molar-refractivity contribution is 8.02. The number of aromatic nitrogens is 1.